The first kappa shape index (κ1) is 11.1. The van der Waals surface area contributed by atoms with Crippen molar-refractivity contribution in [2.45, 2.75) is 38.0 Å². The Balaban J connectivity index is 2.17. The van der Waals surface area contributed by atoms with E-state index in [0.717, 1.165) is 5.69 Å². The molecule has 4 nitrogen and oxygen atoms in total. The van der Waals surface area contributed by atoms with Gasteiger partial charge in [-0.3, -0.25) is 15.2 Å². The standard InChI is InChI=1S/C12H17N3O/c13-15-12(16)10-6-7-14-11(8-10)9-4-2-1-3-5-9/h6-9H,1-5,13H2,(H,15,16). The number of carbonyl (C=O) groups excluding carboxylic acids is 1. The number of rotatable bonds is 2. The van der Waals surface area contributed by atoms with E-state index in [4.69, 9.17) is 5.84 Å². The molecule has 0 saturated heterocycles. The van der Waals surface area contributed by atoms with Gasteiger partial charge in [-0.25, -0.2) is 5.84 Å². The van der Waals surface area contributed by atoms with Gasteiger partial charge in [-0.15, -0.1) is 0 Å². The van der Waals surface area contributed by atoms with Gasteiger partial charge in [0.05, 0.1) is 0 Å². The highest BCUT2D eigenvalue weighted by Gasteiger charge is 2.17. The van der Waals surface area contributed by atoms with E-state index in [-0.39, 0.29) is 5.91 Å². The van der Waals surface area contributed by atoms with Crippen molar-refractivity contribution in [2.75, 3.05) is 0 Å². The molecule has 1 aromatic rings. The number of hydrazine groups is 1. The highest BCUT2D eigenvalue weighted by Crippen LogP contribution is 2.31. The summed E-state index contributed by atoms with van der Waals surface area (Å²) in [7, 11) is 0. The number of carbonyl (C=O) groups is 1. The lowest BCUT2D eigenvalue weighted by molar-refractivity contribution is 0.0953. The Labute approximate surface area is 95.2 Å². The maximum Gasteiger partial charge on any atom is 0.265 e. The molecule has 0 unspecified atom stereocenters. The molecule has 1 saturated carbocycles. The molecule has 1 aliphatic rings. The van der Waals surface area contributed by atoms with Crippen LogP contribution < -0.4 is 11.3 Å². The zero-order valence-electron chi connectivity index (χ0n) is 9.28. The van der Waals surface area contributed by atoms with Crippen molar-refractivity contribution in [2.24, 2.45) is 5.84 Å². The predicted octanol–water partition coefficient (Wildman–Crippen LogP) is 1.73. The summed E-state index contributed by atoms with van der Waals surface area (Å²) in [6.45, 7) is 0. The number of amides is 1. The Hall–Kier alpha value is -1.42. The fourth-order valence-electron chi connectivity index (χ4n) is 2.29. The number of pyridine rings is 1. The number of hydrogen-bond donors (Lipinski definition) is 2. The van der Waals surface area contributed by atoms with Gasteiger partial charge in [-0.2, -0.15) is 0 Å². The van der Waals surface area contributed by atoms with Gasteiger partial charge in [0.1, 0.15) is 0 Å². The molecule has 1 heterocycles. The molecule has 0 bridgehead atoms. The predicted molar refractivity (Wildman–Crippen MR) is 61.7 cm³/mol. The molecule has 1 amide bonds. The lowest BCUT2D eigenvalue weighted by atomic mass is 9.86. The maximum atomic E-state index is 11.4. The molecule has 0 atom stereocenters. The molecule has 2 rings (SSSR count). The summed E-state index contributed by atoms with van der Waals surface area (Å²) in [6, 6.07) is 3.55. The second kappa shape index (κ2) is 5.07. The third kappa shape index (κ3) is 2.39. The molecule has 16 heavy (non-hydrogen) atoms. The maximum absolute atomic E-state index is 11.4. The van der Waals surface area contributed by atoms with Crippen LogP contribution in [0.25, 0.3) is 0 Å². The Bertz CT molecular complexity index is 372. The summed E-state index contributed by atoms with van der Waals surface area (Å²) >= 11 is 0. The summed E-state index contributed by atoms with van der Waals surface area (Å²) in [4.78, 5) is 15.7. The SMILES string of the molecule is NNC(=O)c1ccnc(C2CCCCC2)c1. The molecule has 0 spiro atoms. The van der Waals surface area contributed by atoms with Gasteiger partial charge < -0.3 is 0 Å². The van der Waals surface area contributed by atoms with Gasteiger partial charge in [0.25, 0.3) is 5.91 Å². The minimum atomic E-state index is -0.251. The van der Waals surface area contributed by atoms with Crippen LogP contribution in [0.2, 0.25) is 0 Å². The van der Waals surface area contributed by atoms with E-state index in [0.29, 0.717) is 11.5 Å². The zero-order valence-corrected chi connectivity index (χ0v) is 9.28. The Kier molecular flexibility index (Phi) is 3.51. The molecule has 0 aromatic carbocycles. The zero-order chi connectivity index (χ0) is 11.4. The van der Waals surface area contributed by atoms with Crippen LogP contribution in [0.15, 0.2) is 18.3 Å². The Morgan fingerprint density at radius 3 is 2.81 bits per heavy atom. The van der Waals surface area contributed by atoms with E-state index in [1.54, 1.807) is 12.3 Å². The Morgan fingerprint density at radius 1 is 1.38 bits per heavy atom. The van der Waals surface area contributed by atoms with Gasteiger partial charge in [0, 0.05) is 23.4 Å². The van der Waals surface area contributed by atoms with Crippen LogP contribution >= 0.6 is 0 Å². The number of nitrogens with one attached hydrogen (secondary N) is 1. The van der Waals surface area contributed by atoms with Crippen molar-refractivity contribution < 1.29 is 4.79 Å². The number of nitrogens with zero attached hydrogens (tertiary/aromatic N) is 1. The second-order valence-electron chi connectivity index (χ2n) is 4.28. The van der Waals surface area contributed by atoms with Crippen molar-refractivity contribution in [3.05, 3.63) is 29.6 Å². The van der Waals surface area contributed by atoms with Gasteiger partial charge >= 0.3 is 0 Å². The summed E-state index contributed by atoms with van der Waals surface area (Å²) in [5, 5.41) is 0. The third-order valence-corrected chi connectivity index (χ3v) is 3.20. The number of nitrogen functional groups attached to an aromatic ring is 1. The van der Waals surface area contributed by atoms with Crippen LogP contribution in [0, 0.1) is 0 Å². The van der Waals surface area contributed by atoms with E-state index in [9.17, 15) is 4.79 Å². The van der Waals surface area contributed by atoms with E-state index < -0.39 is 0 Å². The molecule has 0 aliphatic heterocycles. The monoisotopic (exact) mass is 219 g/mol. The fourth-order valence-corrected chi connectivity index (χ4v) is 2.29. The van der Waals surface area contributed by atoms with Gasteiger partial charge in [-0.05, 0) is 25.0 Å². The van der Waals surface area contributed by atoms with Crippen molar-refractivity contribution >= 4 is 5.91 Å². The molecular weight excluding hydrogens is 202 g/mol. The topological polar surface area (TPSA) is 68.0 Å². The molecule has 3 N–H and O–H groups in total. The molecule has 1 aromatic heterocycles. The van der Waals surface area contributed by atoms with Crippen LogP contribution in [0.3, 0.4) is 0 Å². The Morgan fingerprint density at radius 2 is 2.12 bits per heavy atom. The quantitative estimate of drug-likeness (QED) is 0.452. The number of hydrogen-bond acceptors (Lipinski definition) is 3. The van der Waals surface area contributed by atoms with E-state index in [2.05, 4.69) is 10.4 Å². The van der Waals surface area contributed by atoms with Crippen LogP contribution in [0.4, 0.5) is 0 Å². The average molecular weight is 219 g/mol. The van der Waals surface area contributed by atoms with Gasteiger partial charge in [0.2, 0.25) is 0 Å². The first-order valence-corrected chi connectivity index (χ1v) is 5.78. The average Bonchev–Trinajstić information content (AvgIpc) is 2.39. The molecule has 86 valence electrons. The van der Waals surface area contributed by atoms with E-state index in [1.807, 2.05) is 6.07 Å². The highest BCUT2D eigenvalue weighted by atomic mass is 16.2. The lowest BCUT2D eigenvalue weighted by Gasteiger charge is -2.21. The second-order valence-corrected chi connectivity index (χ2v) is 4.28. The first-order chi connectivity index (χ1) is 7.81. The largest absolute Gasteiger partial charge is 0.290 e. The highest BCUT2D eigenvalue weighted by molar-refractivity contribution is 5.93. The van der Waals surface area contributed by atoms with Crippen molar-refractivity contribution in [1.82, 2.24) is 10.4 Å². The van der Waals surface area contributed by atoms with E-state index in [1.165, 1.54) is 32.1 Å². The molecular formula is C12H17N3O. The van der Waals surface area contributed by atoms with Crippen LogP contribution in [0.1, 0.15) is 54.1 Å². The van der Waals surface area contributed by atoms with Crippen molar-refractivity contribution in [1.29, 1.82) is 0 Å². The normalized spacial score (nSPS) is 17.1. The number of nitrogens with two attached hydrogens (primary N) is 1. The summed E-state index contributed by atoms with van der Waals surface area (Å²) < 4.78 is 0. The van der Waals surface area contributed by atoms with Crippen molar-refractivity contribution in [3.63, 3.8) is 0 Å². The van der Waals surface area contributed by atoms with E-state index >= 15 is 0 Å². The molecule has 1 fully saturated rings. The minimum absolute atomic E-state index is 0.251. The minimum Gasteiger partial charge on any atom is -0.290 e. The van der Waals surface area contributed by atoms with Crippen LogP contribution in [-0.2, 0) is 0 Å². The van der Waals surface area contributed by atoms with Gasteiger partial charge in [0.15, 0.2) is 0 Å². The molecule has 0 radical (unpaired) electrons. The smallest absolute Gasteiger partial charge is 0.265 e. The summed E-state index contributed by atoms with van der Waals surface area (Å²) in [6.07, 6.45) is 7.90. The summed E-state index contributed by atoms with van der Waals surface area (Å²) in [5.74, 6) is 5.38. The molecule has 1 aliphatic carbocycles. The fraction of sp³-hybridized carbons (Fsp3) is 0.500. The van der Waals surface area contributed by atoms with Crippen LogP contribution in [-0.4, -0.2) is 10.9 Å². The van der Waals surface area contributed by atoms with Gasteiger partial charge in [-0.1, -0.05) is 19.3 Å². The van der Waals surface area contributed by atoms with Crippen LogP contribution in [0.5, 0.6) is 0 Å². The lowest BCUT2D eigenvalue weighted by Crippen LogP contribution is -2.30. The number of aromatic nitrogens is 1. The third-order valence-electron chi connectivity index (χ3n) is 3.20. The summed E-state index contributed by atoms with van der Waals surface area (Å²) in [5.41, 5.74) is 3.77. The first-order valence-electron chi connectivity index (χ1n) is 5.78. The molecule has 4 heteroatoms. The van der Waals surface area contributed by atoms with Crippen molar-refractivity contribution in [3.8, 4) is 0 Å².